The summed E-state index contributed by atoms with van der Waals surface area (Å²) in [5.74, 6) is 0.696. The van der Waals surface area contributed by atoms with Gasteiger partial charge in [0.05, 0.1) is 5.69 Å². The lowest BCUT2D eigenvalue weighted by Crippen LogP contribution is -2.30. The molecular weight excluding hydrogens is 238 g/mol. The predicted molar refractivity (Wildman–Crippen MR) is 74.8 cm³/mol. The van der Waals surface area contributed by atoms with Crippen molar-refractivity contribution >= 4 is 0 Å². The maximum Gasteiger partial charge on any atom is 0.226 e. The number of hydrogen-bond donors (Lipinski definition) is 2. The highest BCUT2D eigenvalue weighted by Crippen LogP contribution is 2.19. The maximum atomic E-state index is 5.54. The van der Waals surface area contributed by atoms with Gasteiger partial charge in [-0.2, -0.15) is 0 Å². The van der Waals surface area contributed by atoms with Crippen LogP contribution in [0.5, 0.6) is 0 Å². The van der Waals surface area contributed by atoms with E-state index in [4.69, 9.17) is 4.42 Å². The van der Waals surface area contributed by atoms with E-state index < -0.39 is 0 Å². The van der Waals surface area contributed by atoms with Crippen molar-refractivity contribution in [2.24, 2.45) is 0 Å². The van der Waals surface area contributed by atoms with Crippen LogP contribution in [0.2, 0.25) is 0 Å². The van der Waals surface area contributed by atoms with Gasteiger partial charge in [-0.1, -0.05) is 17.7 Å². The van der Waals surface area contributed by atoms with Crippen molar-refractivity contribution in [3.63, 3.8) is 0 Å². The summed E-state index contributed by atoms with van der Waals surface area (Å²) in [5, 5.41) is 6.83. The van der Waals surface area contributed by atoms with Gasteiger partial charge in [0, 0.05) is 24.7 Å². The molecule has 19 heavy (non-hydrogen) atoms. The van der Waals surface area contributed by atoms with Crippen molar-refractivity contribution in [2.75, 3.05) is 13.1 Å². The molecule has 1 aromatic carbocycles. The number of rotatable bonds is 4. The Hall–Kier alpha value is -1.65. The summed E-state index contributed by atoms with van der Waals surface area (Å²) in [4.78, 5) is 4.52. The number of oxazole rings is 1. The van der Waals surface area contributed by atoms with Crippen molar-refractivity contribution < 1.29 is 4.42 Å². The minimum Gasteiger partial charge on any atom is -0.444 e. The van der Waals surface area contributed by atoms with Crippen LogP contribution in [-0.4, -0.2) is 24.1 Å². The highest BCUT2D eigenvalue weighted by atomic mass is 16.3. The average molecular weight is 257 g/mol. The summed E-state index contributed by atoms with van der Waals surface area (Å²) < 4.78 is 5.54. The van der Waals surface area contributed by atoms with E-state index in [0.717, 1.165) is 30.9 Å². The Morgan fingerprint density at radius 3 is 2.95 bits per heavy atom. The van der Waals surface area contributed by atoms with Crippen LogP contribution in [0.3, 0.4) is 0 Å². The molecule has 1 fully saturated rings. The minimum absolute atomic E-state index is 0.555. The first-order valence-corrected chi connectivity index (χ1v) is 6.77. The third-order valence-corrected chi connectivity index (χ3v) is 3.48. The quantitative estimate of drug-likeness (QED) is 0.880. The molecule has 0 saturated carbocycles. The molecule has 0 bridgehead atoms. The normalized spacial score (nSPS) is 18.9. The van der Waals surface area contributed by atoms with Gasteiger partial charge in [-0.05, 0) is 32.0 Å². The summed E-state index contributed by atoms with van der Waals surface area (Å²) >= 11 is 0. The van der Waals surface area contributed by atoms with Gasteiger partial charge < -0.3 is 15.1 Å². The van der Waals surface area contributed by atoms with E-state index >= 15 is 0 Å². The maximum absolute atomic E-state index is 5.54. The topological polar surface area (TPSA) is 50.1 Å². The SMILES string of the molecule is Cc1ccc(-c2nc(CNC3CCNC3)co2)cc1. The third-order valence-electron chi connectivity index (χ3n) is 3.48. The molecule has 1 aliphatic rings. The minimum atomic E-state index is 0.555. The molecule has 0 aliphatic carbocycles. The molecule has 3 rings (SSSR count). The first-order valence-electron chi connectivity index (χ1n) is 6.77. The standard InChI is InChI=1S/C15H19N3O/c1-11-2-4-12(5-3-11)15-18-14(10-19-15)9-17-13-6-7-16-8-13/h2-5,10,13,16-17H,6-9H2,1H3. The molecule has 4 heteroatoms. The molecule has 0 spiro atoms. The van der Waals surface area contributed by atoms with Crippen LogP contribution in [-0.2, 0) is 6.54 Å². The van der Waals surface area contributed by atoms with Crippen LogP contribution >= 0.6 is 0 Å². The zero-order valence-corrected chi connectivity index (χ0v) is 11.1. The Morgan fingerprint density at radius 2 is 2.21 bits per heavy atom. The van der Waals surface area contributed by atoms with Gasteiger partial charge in [0.1, 0.15) is 6.26 Å². The fourth-order valence-corrected chi connectivity index (χ4v) is 2.29. The summed E-state index contributed by atoms with van der Waals surface area (Å²) in [6, 6.07) is 8.78. The van der Waals surface area contributed by atoms with Gasteiger partial charge in [-0.3, -0.25) is 0 Å². The van der Waals surface area contributed by atoms with Gasteiger partial charge in [-0.15, -0.1) is 0 Å². The van der Waals surface area contributed by atoms with Crippen molar-refractivity contribution in [2.45, 2.75) is 25.9 Å². The number of aryl methyl sites for hydroxylation is 1. The molecule has 2 aromatic rings. The van der Waals surface area contributed by atoms with Gasteiger partial charge in [0.25, 0.3) is 0 Å². The Labute approximate surface area is 113 Å². The molecule has 100 valence electrons. The molecular formula is C15H19N3O. The highest BCUT2D eigenvalue weighted by Gasteiger charge is 2.14. The van der Waals surface area contributed by atoms with Gasteiger partial charge in [0.2, 0.25) is 5.89 Å². The van der Waals surface area contributed by atoms with Crippen molar-refractivity contribution in [1.82, 2.24) is 15.6 Å². The van der Waals surface area contributed by atoms with Crippen molar-refractivity contribution in [3.8, 4) is 11.5 Å². The summed E-state index contributed by atoms with van der Waals surface area (Å²) in [7, 11) is 0. The van der Waals surface area contributed by atoms with E-state index in [9.17, 15) is 0 Å². The number of nitrogens with zero attached hydrogens (tertiary/aromatic N) is 1. The lowest BCUT2D eigenvalue weighted by Gasteiger charge is -2.08. The molecule has 0 radical (unpaired) electrons. The zero-order chi connectivity index (χ0) is 13.1. The lowest BCUT2D eigenvalue weighted by atomic mass is 10.1. The van der Waals surface area contributed by atoms with Crippen LogP contribution in [0, 0.1) is 6.92 Å². The smallest absolute Gasteiger partial charge is 0.226 e. The Morgan fingerprint density at radius 1 is 1.37 bits per heavy atom. The second kappa shape index (κ2) is 5.55. The van der Waals surface area contributed by atoms with E-state index in [-0.39, 0.29) is 0 Å². The fourth-order valence-electron chi connectivity index (χ4n) is 2.29. The molecule has 1 aromatic heterocycles. The first kappa shape index (κ1) is 12.4. The molecule has 1 aliphatic heterocycles. The molecule has 1 unspecified atom stereocenters. The van der Waals surface area contributed by atoms with Crippen molar-refractivity contribution in [3.05, 3.63) is 41.8 Å². The van der Waals surface area contributed by atoms with Crippen molar-refractivity contribution in [1.29, 1.82) is 0 Å². The largest absolute Gasteiger partial charge is 0.444 e. The van der Waals surface area contributed by atoms with Crippen LogP contribution in [0.4, 0.5) is 0 Å². The average Bonchev–Trinajstić information content (AvgIpc) is 3.09. The molecule has 4 nitrogen and oxygen atoms in total. The Balaban J connectivity index is 1.63. The fraction of sp³-hybridized carbons (Fsp3) is 0.400. The van der Waals surface area contributed by atoms with Crippen LogP contribution in [0.1, 0.15) is 17.7 Å². The number of hydrogen-bond acceptors (Lipinski definition) is 4. The number of aromatic nitrogens is 1. The van der Waals surface area contributed by atoms with E-state index in [1.54, 1.807) is 6.26 Å². The predicted octanol–water partition coefficient (Wildman–Crippen LogP) is 2.10. The zero-order valence-electron chi connectivity index (χ0n) is 11.1. The van der Waals surface area contributed by atoms with E-state index in [1.165, 1.54) is 12.0 Å². The van der Waals surface area contributed by atoms with E-state index in [2.05, 4.69) is 34.7 Å². The van der Waals surface area contributed by atoms with Crippen LogP contribution < -0.4 is 10.6 Å². The second-order valence-electron chi connectivity index (χ2n) is 5.08. The van der Waals surface area contributed by atoms with Gasteiger partial charge >= 0.3 is 0 Å². The van der Waals surface area contributed by atoms with Crippen LogP contribution in [0.15, 0.2) is 34.9 Å². The van der Waals surface area contributed by atoms with E-state index in [0.29, 0.717) is 11.9 Å². The van der Waals surface area contributed by atoms with Crippen LogP contribution in [0.25, 0.3) is 11.5 Å². The second-order valence-corrected chi connectivity index (χ2v) is 5.08. The lowest BCUT2D eigenvalue weighted by molar-refractivity contribution is 0.536. The summed E-state index contributed by atoms with van der Waals surface area (Å²) in [6.07, 6.45) is 2.92. The molecule has 2 N–H and O–H groups in total. The first-order chi connectivity index (χ1) is 9.31. The summed E-state index contributed by atoms with van der Waals surface area (Å²) in [6.45, 7) is 4.99. The monoisotopic (exact) mass is 257 g/mol. The Kier molecular flexibility index (Phi) is 3.62. The van der Waals surface area contributed by atoms with Gasteiger partial charge in [0.15, 0.2) is 0 Å². The number of benzene rings is 1. The highest BCUT2D eigenvalue weighted by molar-refractivity contribution is 5.53. The molecule has 1 atom stereocenters. The molecule has 2 heterocycles. The Bertz CT molecular complexity index is 527. The van der Waals surface area contributed by atoms with Gasteiger partial charge in [-0.25, -0.2) is 4.98 Å². The third kappa shape index (κ3) is 3.03. The summed E-state index contributed by atoms with van der Waals surface area (Å²) in [5.41, 5.74) is 3.23. The molecule has 0 amide bonds. The molecule has 1 saturated heterocycles. The van der Waals surface area contributed by atoms with E-state index in [1.807, 2.05) is 12.1 Å². The number of nitrogens with one attached hydrogen (secondary N) is 2.